The number of amides is 1. The van der Waals surface area contributed by atoms with Crippen LogP contribution in [-0.4, -0.2) is 26.8 Å². The van der Waals surface area contributed by atoms with Gasteiger partial charge in [0.1, 0.15) is 5.69 Å². The highest BCUT2D eigenvalue weighted by Crippen LogP contribution is 2.31. The van der Waals surface area contributed by atoms with E-state index in [1.807, 2.05) is 0 Å². The number of aryl methyl sites for hydroxylation is 1. The smallest absolute Gasteiger partial charge is 0.293 e. The molecule has 1 N–H and O–H groups in total. The van der Waals surface area contributed by atoms with Gasteiger partial charge in [-0.2, -0.15) is 0 Å². The monoisotopic (exact) mass is 438 g/mol. The van der Waals surface area contributed by atoms with E-state index in [0.717, 1.165) is 17.3 Å². The van der Waals surface area contributed by atoms with Gasteiger partial charge in [-0.05, 0) is 36.8 Å². The van der Waals surface area contributed by atoms with E-state index < -0.39 is 10.8 Å². The third kappa shape index (κ3) is 4.80. The predicted octanol–water partition coefficient (Wildman–Crippen LogP) is 4.99. The maximum atomic E-state index is 12.1. The maximum Gasteiger partial charge on any atom is 0.293 e. The summed E-state index contributed by atoms with van der Waals surface area (Å²) in [4.78, 5) is 22.7. The van der Waals surface area contributed by atoms with E-state index >= 15 is 0 Å². The number of nitro benzene ring substituents is 1. The van der Waals surface area contributed by atoms with Crippen LogP contribution < -0.4 is 5.32 Å². The molecule has 3 aromatic rings. The van der Waals surface area contributed by atoms with Crippen molar-refractivity contribution in [2.45, 2.75) is 12.1 Å². The minimum Gasteiger partial charge on any atom is -0.411 e. The van der Waals surface area contributed by atoms with Crippen LogP contribution in [0.3, 0.4) is 0 Å². The standard InChI is InChI=1S/C17H12Cl2N4O4S/c1-9-2-5-13(14(6-9)23(25)26)20-15(24)8-28-17-22-21-16(27-17)11-4-3-10(18)7-12(11)19/h2-7H,8H2,1H3,(H,20,24). The number of carbonyl (C=O) groups excluding carboxylic acids is 1. The van der Waals surface area contributed by atoms with Gasteiger partial charge >= 0.3 is 0 Å². The molecule has 0 aliphatic carbocycles. The summed E-state index contributed by atoms with van der Waals surface area (Å²) >= 11 is 13.0. The number of nitrogens with zero attached hydrogens (tertiary/aromatic N) is 3. The molecule has 0 aliphatic rings. The zero-order valence-electron chi connectivity index (χ0n) is 14.3. The molecule has 0 bridgehead atoms. The molecular weight excluding hydrogens is 427 g/mol. The van der Waals surface area contributed by atoms with Crippen molar-refractivity contribution in [3.8, 4) is 11.5 Å². The van der Waals surface area contributed by atoms with Crippen LogP contribution in [0.2, 0.25) is 10.0 Å². The van der Waals surface area contributed by atoms with Crippen molar-refractivity contribution in [2.75, 3.05) is 11.1 Å². The summed E-state index contributed by atoms with van der Waals surface area (Å²) in [7, 11) is 0. The quantitative estimate of drug-likeness (QED) is 0.327. The molecule has 1 amide bonds. The van der Waals surface area contributed by atoms with E-state index in [4.69, 9.17) is 27.6 Å². The van der Waals surface area contributed by atoms with Crippen molar-refractivity contribution >= 4 is 52.2 Å². The lowest BCUT2D eigenvalue weighted by Crippen LogP contribution is -2.15. The number of hydrogen-bond acceptors (Lipinski definition) is 7. The number of rotatable bonds is 6. The Morgan fingerprint density at radius 3 is 2.75 bits per heavy atom. The van der Waals surface area contributed by atoms with Crippen molar-refractivity contribution in [1.29, 1.82) is 0 Å². The predicted molar refractivity (Wildman–Crippen MR) is 107 cm³/mol. The van der Waals surface area contributed by atoms with Crippen LogP contribution in [0.15, 0.2) is 46.0 Å². The highest BCUT2D eigenvalue weighted by atomic mass is 35.5. The number of thioether (sulfide) groups is 1. The van der Waals surface area contributed by atoms with Gasteiger partial charge in [-0.15, -0.1) is 10.2 Å². The van der Waals surface area contributed by atoms with Gasteiger partial charge < -0.3 is 9.73 Å². The molecule has 0 spiro atoms. The lowest BCUT2D eigenvalue weighted by atomic mass is 10.2. The van der Waals surface area contributed by atoms with Gasteiger partial charge in [-0.25, -0.2) is 0 Å². The molecular formula is C17H12Cl2N4O4S. The second-order valence-corrected chi connectivity index (χ2v) is 7.38. The van der Waals surface area contributed by atoms with Gasteiger partial charge in [0.05, 0.1) is 21.3 Å². The van der Waals surface area contributed by atoms with Gasteiger partial charge in [0, 0.05) is 11.1 Å². The number of carbonyl (C=O) groups is 1. The number of nitro groups is 1. The summed E-state index contributed by atoms with van der Waals surface area (Å²) in [6.07, 6.45) is 0. The van der Waals surface area contributed by atoms with Crippen LogP contribution in [0.5, 0.6) is 0 Å². The fourth-order valence-corrected chi connectivity index (χ4v) is 3.30. The van der Waals surface area contributed by atoms with Crippen LogP contribution in [-0.2, 0) is 4.79 Å². The second kappa shape index (κ2) is 8.59. The molecule has 1 heterocycles. The zero-order valence-corrected chi connectivity index (χ0v) is 16.6. The molecule has 0 saturated heterocycles. The molecule has 0 fully saturated rings. The molecule has 8 nitrogen and oxygen atoms in total. The van der Waals surface area contributed by atoms with Gasteiger partial charge in [-0.3, -0.25) is 14.9 Å². The number of nitrogens with one attached hydrogen (secondary N) is 1. The second-order valence-electron chi connectivity index (χ2n) is 5.61. The number of halogens is 2. The zero-order chi connectivity index (χ0) is 20.3. The molecule has 3 rings (SSSR count). The Morgan fingerprint density at radius 1 is 1.25 bits per heavy atom. The number of aromatic nitrogens is 2. The molecule has 0 saturated carbocycles. The molecule has 144 valence electrons. The van der Waals surface area contributed by atoms with Crippen molar-refractivity contribution < 1.29 is 14.1 Å². The molecule has 0 radical (unpaired) electrons. The molecule has 28 heavy (non-hydrogen) atoms. The van der Waals surface area contributed by atoms with Crippen LogP contribution >= 0.6 is 35.0 Å². The van der Waals surface area contributed by atoms with Crippen LogP contribution in [0.1, 0.15) is 5.56 Å². The first kappa shape index (κ1) is 20.1. The van der Waals surface area contributed by atoms with Crippen molar-refractivity contribution in [1.82, 2.24) is 10.2 Å². The lowest BCUT2D eigenvalue weighted by Gasteiger charge is -2.05. The average Bonchev–Trinajstić information content (AvgIpc) is 3.10. The first-order chi connectivity index (χ1) is 13.3. The van der Waals surface area contributed by atoms with E-state index in [1.165, 1.54) is 12.1 Å². The first-order valence-electron chi connectivity index (χ1n) is 7.80. The maximum absolute atomic E-state index is 12.1. The summed E-state index contributed by atoms with van der Waals surface area (Å²) in [5, 5.41) is 22.4. The molecule has 0 aliphatic heterocycles. The normalized spacial score (nSPS) is 10.7. The van der Waals surface area contributed by atoms with E-state index in [2.05, 4.69) is 15.5 Å². The van der Waals surface area contributed by atoms with Gasteiger partial charge in [-0.1, -0.05) is 41.0 Å². The van der Waals surface area contributed by atoms with Crippen LogP contribution in [0.25, 0.3) is 11.5 Å². The van der Waals surface area contributed by atoms with E-state index in [9.17, 15) is 14.9 Å². The Labute approximate surface area is 173 Å². The number of hydrogen-bond donors (Lipinski definition) is 1. The number of benzene rings is 2. The first-order valence-corrected chi connectivity index (χ1v) is 9.54. The third-order valence-electron chi connectivity index (χ3n) is 3.52. The molecule has 11 heteroatoms. The van der Waals surface area contributed by atoms with E-state index in [1.54, 1.807) is 31.2 Å². The van der Waals surface area contributed by atoms with E-state index in [0.29, 0.717) is 15.6 Å². The fraction of sp³-hybridized carbons (Fsp3) is 0.118. The Bertz CT molecular complexity index is 1060. The fourth-order valence-electron chi connectivity index (χ4n) is 2.25. The summed E-state index contributed by atoms with van der Waals surface area (Å²) in [5.41, 5.74) is 1.19. The summed E-state index contributed by atoms with van der Waals surface area (Å²) in [6, 6.07) is 9.40. The highest BCUT2D eigenvalue weighted by molar-refractivity contribution is 7.99. The van der Waals surface area contributed by atoms with Crippen molar-refractivity contribution in [3.63, 3.8) is 0 Å². The topological polar surface area (TPSA) is 111 Å². The van der Waals surface area contributed by atoms with Gasteiger partial charge in [0.15, 0.2) is 0 Å². The average molecular weight is 439 g/mol. The van der Waals surface area contributed by atoms with Gasteiger partial charge in [0.25, 0.3) is 10.9 Å². The summed E-state index contributed by atoms with van der Waals surface area (Å²) in [6.45, 7) is 1.73. The Balaban J connectivity index is 1.65. The molecule has 0 unspecified atom stereocenters. The molecule has 2 aromatic carbocycles. The minimum absolute atomic E-state index is 0.0684. The minimum atomic E-state index is -0.546. The largest absolute Gasteiger partial charge is 0.411 e. The summed E-state index contributed by atoms with van der Waals surface area (Å²) in [5.74, 6) is -0.318. The van der Waals surface area contributed by atoms with Crippen molar-refractivity contribution in [2.24, 2.45) is 0 Å². The highest BCUT2D eigenvalue weighted by Gasteiger charge is 2.18. The summed E-state index contributed by atoms with van der Waals surface area (Å²) < 4.78 is 5.49. The van der Waals surface area contributed by atoms with Crippen LogP contribution in [0.4, 0.5) is 11.4 Å². The van der Waals surface area contributed by atoms with E-state index in [-0.39, 0.29) is 28.2 Å². The SMILES string of the molecule is Cc1ccc(NC(=O)CSc2nnc(-c3ccc(Cl)cc3Cl)o2)c([N+](=O)[O-])c1. The Kier molecular flexibility index (Phi) is 6.18. The van der Waals surface area contributed by atoms with Gasteiger partial charge in [0.2, 0.25) is 11.8 Å². The Morgan fingerprint density at radius 2 is 2.04 bits per heavy atom. The third-order valence-corrected chi connectivity index (χ3v) is 4.89. The Hall–Kier alpha value is -2.62. The van der Waals surface area contributed by atoms with Crippen molar-refractivity contribution in [3.05, 3.63) is 62.1 Å². The molecule has 1 aromatic heterocycles. The lowest BCUT2D eigenvalue weighted by molar-refractivity contribution is -0.384. The number of anilines is 1. The molecule has 0 atom stereocenters. The van der Waals surface area contributed by atoms with Crippen LogP contribution in [0, 0.1) is 17.0 Å².